The number of nitrogens with zero attached hydrogens (tertiary/aromatic N) is 3. The molecule has 0 aliphatic carbocycles. The summed E-state index contributed by atoms with van der Waals surface area (Å²) in [4.78, 5) is 32.1. The smallest absolute Gasteiger partial charge is 0.294 e. The van der Waals surface area contributed by atoms with Crippen molar-refractivity contribution >= 4 is 23.0 Å². The van der Waals surface area contributed by atoms with Crippen molar-refractivity contribution in [2.45, 2.75) is 32.7 Å². The van der Waals surface area contributed by atoms with Crippen LogP contribution < -0.4 is 10.2 Å². The Kier molecular flexibility index (Phi) is 4.39. The van der Waals surface area contributed by atoms with Crippen molar-refractivity contribution in [2.24, 2.45) is 0 Å². The van der Waals surface area contributed by atoms with Gasteiger partial charge in [0.25, 0.3) is 11.8 Å². The minimum absolute atomic E-state index is 0.00825. The first kappa shape index (κ1) is 17.3. The fourth-order valence-corrected chi connectivity index (χ4v) is 3.55. The van der Waals surface area contributed by atoms with Crippen molar-refractivity contribution in [3.05, 3.63) is 65.7 Å². The van der Waals surface area contributed by atoms with Crippen LogP contribution in [0.3, 0.4) is 0 Å². The fraction of sp³-hybridized carbons (Fsp3) is 0.286. The predicted molar refractivity (Wildman–Crippen MR) is 104 cm³/mol. The number of aryl methyl sites for hydroxylation is 1. The molecular formula is C21H22N4O2. The number of benzene rings is 1. The minimum atomic E-state index is -0.271. The number of rotatable bonds is 3. The van der Waals surface area contributed by atoms with E-state index in [4.69, 9.17) is 0 Å². The summed E-state index contributed by atoms with van der Waals surface area (Å²) >= 11 is 0. The maximum Gasteiger partial charge on any atom is 0.294 e. The van der Waals surface area contributed by atoms with Crippen LogP contribution in [0, 0.1) is 0 Å². The Morgan fingerprint density at radius 2 is 1.89 bits per heavy atom. The van der Waals surface area contributed by atoms with Gasteiger partial charge in [-0.3, -0.25) is 14.0 Å². The van der Waals surface area contributed by atoms with Gasteiger partial charge in [-0.2, -0.15) is 0 Å². The van der Waals surface area contributed by atoms with Crippen molar-refractivity contribution in [2.75, 3.05) is 11.4 Å². The van der Waals surface area contributed by atoms with Gasteiger partial charge in [0.2, 0.25) is 5.82 Å². The lowest BCUT2D eigenvalue weighted by molar-refractivity contribution is 0.0940. The zero-order chi connectivity index (χ0) is 19.0. The average Bonchev–Trinajstić information content (AvgIpc) is 3.06. The van der Waals surface area contributed by atoms with Gasteiger partial charge in [0.15, 0.2) is 5.69 Å². The maximum absolute atomic E-state index is 13.3. The van der Waals surface area contributed by atoms with Crippen LogP contribution in [0.2, 0.25) is 0 Å². The summed E-state index contributed by atoms with van der Waals surface area (Å²) in [6.07, 6.45) is 3.65. The Morgan fingerprint density at radius 1 is 1.11 bits per heavy atom. The molecule has 1 aliphatic heterocycles. The molecule has 0 fully saturated rings. The normalized spacial score (nSPS) is 13.7. The quantitative estimate of drug-likeness (QED) is 0.779. The molecule has 4 rings (SSSR count). The molecule has 0 atom stereocenters. The lowest BCUT2D eigenvalue weighted by Gasteiger charge is -2.28. The molecule has 0 radical (unpaired) electrons. The molecule has 3 heterocycles. The van der Waals surface area contributed by atoms with Gasteiger partial charge in [-0.15, -0.1) is 0 Å². The lowest BCUT2D eigenvalue weighted by Crippen LogP contribution is -2.36. The Labute approximate surface area is 157 Å². The van der Waals surface area contributed by atoms with E-state index in [2.05, 4.69) is 16.4 Å². The summed E-state index contributed by atoms with van der Waals surface area (Å²) in [7, 11) is 0. The van der Waals surface area contributed by atoms with E-state index in [0.29, 0.717) is 12.1 Å². The number of fused-ring (bicyclic) bond motifs is 2. The van der Waals surface area contributed by atoms with Gasteiger partial charge in [0.1, 0.15) is 0 Å². The number of amides is 2. The summed E-state index contributed by atoms with van der Waals surface area (Å²) < 4.78 is 1.70. The van der Waals surface area contributed by atoms with E-state index in [1.165, 1.54) is 0 Å². The second-order valence-electron chi connectivity index (χ2n) is 7.06. The van der Waals surface area contributed by atoms with Gasteiger partial charge < -0.3 is 10.2 Å². The molecule has 0 spiro atoms. The van der Waals surface area contributed by atoms with E-state index >= 15 is 0 Å². The highest BCUT2D eigenvalue weighted by atomic mass is 16.2. The number of imidazole rings is 1. The average molecular weight is 362 g/mol. The summed E-state index contributed by atoms with van der Waals surface area (Å²) in [5, 5.41) is 2.86. The second kappa shape index (κ2) is 6.87. The highest BCUT2D eigenvalue weighted by Crippen LogP contribution is 2.28. The Hall–Kier alpha value is -3.15. The highest BCUT2D eigenvalue weighted by molar-refractivity contribution is 6.07. The van der Waals surface area contributed by atoms with Crippen LogP contribution in [0.25, 0.3) is 5.52 Å². The first-order chi connectivity index (χ1) is 13.1. The van der Waals surface area contributed by atoms with Crippen LogP contribution in [-0.2, 0) is 6.42 Å². The highest BCUT2D eigenvalue weighted by Gasteiger charge is 2.28. The summed E-state index contributed by atoms with van der Waals surface area (Å²) in [6, 6.07) is 13.4. The number of carbonyl (C=O) groups is 2. The van der Waals surface area contributed by atoms with Crippen LogP contribution in [0.15, 0.2) is 48.7 Å². The van der Waals surface area contributed by atoms with Gasteiger partial charge in [0.05, 0.1) is 5.52 Å². The molecule has 0 bridgehead atoms. The number of hydrogen-bond donors (Lipinski definition) is 1. The van der Waals surface area contributed by atoms with E-state index in [9.17, 15) is 9.59 Å². The number of para-hydroxylation sites is 1. The van der Waals surface area contributed by atoms with Gasteiger partial charge in [-0.1, -0.05) is 24.3 Å². The standard InChI is InChI=1S/C21H22N4O2/c1-14(2)22-20(26)18-17-11-5-6-12-24(17)19(23-18)21(27)25-13-7-9-15-8-3-4-10-16(15)25/h3-6,8,10-12,14H,7,9,13H2,1-2H3,(H,22,26). The Bertz CT molecular complexity index is 1020. The summed E-state index contributed by atoms with van der Waals surface area (Å²) in [5.41, 5.74) is 2.99. The van der Waals surface area contributed by atoms with Gasteiger partial charge in [-0.25, -0.2) is 4.98 Å². The topological polar surface area (TPSA) is 66.7 Å². The van der Waals surface area contributed by atoms with Crippen molar-refractivity contribution in [3.8, 4) is 0 Å². The van der Waals surface area contributed by atoms with Crippen molar-refractivity contribution < 1.29 is 9.59 Å². The molecule has 0 unspecified atom stereocenters. The van der Waals surface area contributed by atoms with Crippen LogP contribution >= 0.6 is 0 Å². The van der Waals surface area contributed by atoms with Crippen molar-refractivity contribution in [1.82, 2.24) is 14.7 Å². The molecule has 138 valence electrons. The third-order valence-electron chi connectivity index (χ3n) is 4.73. The third kappa shape index (κ3) is 3.07. The molecule has 1 aliphatic rings. The first-order valence-corrected chi connectivity index (χ1v) is 9.24. The van der Waals surface area contributed by atoms with Gasteiger partial charge in [-0.05, 0) is 50.5 Å². The molecule has 27 heavy (non-hydrogen) atoms. The van der Waals surface area contributed by atoms with Crippen molar-refractivity contribution in [1.29, 1.82) is 0 Å². The van der Waals surface area contributed by atoms with Crippen LogP contribution in [-0.4, -0.2) is 33.8 Å². The molecule has 1 N–H and O–H groups in total. The first-order valence-electron chi connectivity index (χ1n) is 9.24. The number of hydrogen-bond acceptors (Lipinski definition) is 3. The van der Waals surface area contributed by atoms with E-state index in [0.717, 1.165) is 24.1 Å². The number of pyridine rings is 1. The summed E-state index contributed by atoms with van der Waals surface area (Å²) in [6.45, 7) is 4.44. The molecule has 6 nitrogen and oxygen atoms in total. The maximum atomic E-state index is 13.3. The molecule has 6 heteroatoms. The number of carbonyl (C=O) groups excluding carboxylic acids is 2. The summed E-state index contributed by atoms with van der Waals surface area (Å²) in [5.74, 6) is -0.199. The van der Waals surface area contributed by atoms with E-state index in [1.54, 1.807) is 15.5 Å². The molecule has 0 saturated carbocycles. The molecule has 0 saturated heterocycles. The number of anilines is 1. The van der Waals surface area contributed by atoms with Crippen LogP contribution in [0.4, 0.5) is 5.69 Å². The Balaban J connectivity index is 1.79. The SMILES string of the molecule is CC(C)NC(=O)c1nc(C(=O)N2CCCc3ccccc32)n2ccccc12. The van der Waals surface area contributed by atoms with Gasteiger partial charge >= 0.3 is 0 Å². The van der Waals surface area contributed by atoms with Crippen LogP contribution in [0.5, 0.6) is 0 Å². The third-order valence-corrected chi connectivity index (χ3v) is 4.73. The predicted octanol–water partition coefficient (Wildman–Crippen LogP) is 3.07. The zero-order valence-corrected chi connectivity index (χ0v) is 15.5. The minimum Gasteiger partial charge on any atom is -0.348 e. The molecule has 1 aromatic carbocycles. The molecule has 2 aromatic heterocycles. The Morgan fingerprint density at radius 3 is 2.70 bits per heavy atom. The lowest BCUT2D eigenvalue weighted by atomic mass is 10.0. The van der Waals surface area contributed by atoms with Gasteiger partial charge in [0, 0.05) is 24.5 Å². The van der Waals surface area contributed by atoms with E-state index < -0.39 is 0 Å². The molecular weight excluding hydrogens is 340 g/mol. The van der Waals surface area contributed by atoms with Crippen molar-refractivity contribution in [3.63, 3.8) is 0 Å². The van der Waals surface area contributed by atoms with E-state index in [-0.39, 0.29) is 29.4 Å². The largest absolute Gasteiger partial charge is 0.348 e. The van der Waals surface area contributed by atoms with Crippen LogP contribution in [0.1, 0.15) is 46.9 Å². The monoisotopic (exact) mass is 362 g/mol. The molecule has 3 aromatic rings. The number of aromatic nitrogens is 2. The fourth-order valence-electron chi connectivity index (χ4n) is 3.55. The van der Waals surface area contributed by atoms with E-state index in [1.807, 2.05) is 50.2 Å². The number of nitrogens with one attached hydrogen (secondary N) is 1. The molecule has 2 amide bonds. The zero-order valence-electron chi connectivity index (χ0n) is 15.5. The second-order valence-corrected chi connectivity index (χ2v) is 7.06.